The van der Waals surface area contributed by atoms with Gasteiger partial charge in [0.1, 0.15) is 0 Å². The second-order valence-corrected chi connectivity index (χ2v) is 4.23. The number of hydrogen-bond donors (Lipinski definition) is 1. The van der Waals surface area contributed by atoms with Crippen LogP contribution in [-0.4, -0.2) is 13.2 Å². The maximum absolute atomic E-state index is 6.11. The van der Waals surface area contributed by atoms with Crippen molar-refractivity contribution in [2.24, 2.45) is 5.73 Å². The number of benzene rings is 1. The number of aryl methyl sites for hydroxylation is 2. The number of methoxy groups -OCH3 is 1. The molecule has 0 radical (unpaired) electrons. The molecule has 2 N–H and O–H groups in total. The van der Waals surface area contributed by atoms with Gasteiger partial charge in [-0.05, 0) is 43.9 Å². The van der Waals surface area contributed by atoms with E-state index in [9.17, 15) is 0 Å². The molecule has 0 heterocycles. The SMILES string of the molecule is COC(C)CC(N)c1ccc(C)c(C)c1. The molecule has 15 heavy (non-hydrogen) atoms. The van der Waals surface area contributed by atoms with E-state index in [-0.39, 0.29) is 12.1 Å². The molecule has 0 spiro atoms. The summed E-state index contributed by atoms with van der Waals surface area (Å²) in [7, 11) is 1.72. The van der Waals surface area contributed by atoms with Crippen molar-refractivity contribution in [1.29, 1.82) is 0 Å². The summed E-state index contributed by atoms with van der Waals surface area (Å²) < 4.78 is 5.22. The van der Waals surface area contributed by atoms with Gasteiger partial charge in [-0.15, -0.1) is 0 Å². The Kier molecular flexibility index (Phi) is 4.30. The highest BCUT2D eigenvalue weighted by atomic mass is 16.5. The molecule has 0 aliphatic carbocycles. The predicted octanol–water partition coefficient (Wildman–Crippen LogP) is 2.73. The third-order valence-corrected chi connectivity index (χ3v) is 2.95. The summed E-state index contributed by atoms with van der Waals surface area (Å²) in [5.41, 5.74) is 9.92. The fourth-order valence-corrected chi connectivity index (χ4v) is 1.59. The van der Waals surface area contributed by atoms with Gasteiger partial charge in [-0.3, -0.25) is 0 Å². The first-order valence-electron chi connectivity index (χ1n) is 5.40. The van der Waals surface area contributed by atoms with Crippen LogP contribution in [0.25, 0.3) is 0 Å². The van der Waals surface area contributed by atoms with E-state index in [2.05, 4.69) is 32.0 Å². The van der Waals surface area contributed by atoms with Gasteiger partial charge in [0, 0.05) is 13.2 Å². The Labute approximate surface area is 92.4 Å². The maximum Gasteiger partial charge on any atom is 0.0561 e. The minimum Gasteiger partial charge on any atom is -0.382 e. The molecule has 0 fully saturated rings. The van der Waals surface area contributed by atoms with Crippen molar-refractivity contribution >= 4 is 0 Å². The highest BCUT2D eigenvalue weighted by Crippen LogP contribution is 2.19. The molecule has 1 aromatic carbocycles. The first-order chi connectivity index (χ1) is 7.04. The first kappa shape index (κ1) is 12.2. The maximum atomic E-state index is 6.11. The molecular weight excluding hydrogens is 186 g/mol. The fraction of sp³-hybridized carbons (Fsp3) is 0.538. The zero-order chi connectivity index (χ0) is 11.4. The van der Waals surface area contributed by atoms with Crippen molar-refractivity contribution in [3.8, 4) is 0 Å². The van der Waals surface area contributed by atoms with Crippen LogP contribution in [0.15, 0.2) is 18.2 Å². The second-order valence-electron chi connectivity index (χ2n) is 4.23. The van der Waals surface area contributed by atoms with Crippen LogP contribution in [0.3, 0.4) is 0 Å². The lowest BCUT2D eigenvalue weighted by molar-refractivity contribution is 0.104. The summed E-state index contributed by atoms with van der Waals surface area (Å²) in [5, 5.41) is 0. The summed E-state index contributed by atoms with van der Waals surface area (Å²) in [6.45, 7) is 6.27. The van der Waals surface area contributed by atoms with E-state index in [1.807, 2.05) is 6.92 Å². The number of ether oxygens (including phenoxy) is 1. The Morgan fingerprint density at radius 1 is 1.27 bits per heavy atom. The van der Waals surface area contributed by atoms with Gasteiger partial charge < -0.3 is 10.5 Å². The summed E-state index contributed by atoms with van der Waals surface area (Å²) in [6, 6.07) is 6.47. The highest BCUT2D eigenvalue weighted by molar-refractivity contribution is 5.31. The summed E-state index contributed by atoms with van der Waals surface area (Å²) in [6.07, 6.45) is 1.07. The standard InChI is InChI=1S/C13H21NO/c1-9-5-6-12(7-10(9)2)13(14)8-11(3)15-4/h5-7,11,13H,8,14H2,1-4H3. The zero-order valence-corrected chi connectivity index (χ0v) is 10.1. The van der Waals surface area contributed by atoms with Crippen molar-refractivity contribution in [1.82, 2.24) is 0 Å². The van der Waals surface area contributed by atoms with Crippen molar-refractivity contribution in [3.05, 3.63) is 34.9 Å². The Bertz CT molecular complexity index is 322. The van der Waals surface area contributed by atoms with Crippen molar-refractivity contribution < 1.29 is 4.74 Å². The van der Waals surface area contributed by atoms with Gasteiger partial charge in [0.15, 0.2) is 0 Å². The van der Waals surface area contributed by atoms with Crippen molar-refractivity contribution in [2.75, 3.05) is 7.11 Å². The smallest absolute Gasteiger partial charge is 0.0561 e. The van der Waals surface area contributed by atoms with Crippen LogP contribution in [0.5, 0.6) is 0 Å². The second kappa shape index (κ2) is 5.29. The third kappa shape index (κ3) is 3.33. The molecule has 2 nitrogen and oxygen atoms in total. The van der Waals surface area contributed by atoms with Crippen LogP contribution in [0, 0.1) is 13.8 Å². The molecule has 0 amide bonds. The fourth-order valence-electron chi connectivity index (χ4n) is 1.59. The molecule has 0 aromatic heterocycles. The average Bonchev–Trinajstić information content (AvgIpc) is 2.21. The lowest BCUT2D eigenvalue weighted by atomic mass is 9.98. The van der Waals surface area contributed by atoms with Crippen LogP contribution >= 0.6 is 0 Å². The van der Waals surface area contributed by atoms with Crippen molar-refractivity contribution in [2.45, 2.75) is 39.3 Å². The van der Waals surface area contributed by atoms with Crippen LogP contribution in [0.1, 0.15) is 36.1 Å². The lowest BCUT2D eigenvalue weighted by Gasteiger charge is -2.17. The monoisotopic (exact) mass is 207 g/mol. The molecule has 2 heteroatoms. The molecule has 1 rings (SSSR count). The van der Waals surface area contributed by atoms with Crippen LogP contribution in [0.2, 0.25) is 0 Å². The quantitative estimate of drug-likeness (QED) is 0.824. The molecule has 0 saturated carbocycles. The van der Waals surface area contributed by atoms with E-state index in [0.717, 1.165) is 6.42 Å². The Morgan fingerprint density at radius 3 is 2.47 bits per heavy atom. The van der Waals surface area contributed by atoms with Crippen LogP contribution in [0.4, 0.5) is 0 Å². The molecule has 0 aliphatic rings. The number of hydrogen-bond acceptors (Lipinski definition) is 2. The van der Waals surface area contributed by atoms with Gasteiger partial charge in [0.05, 0.1) is 6.10 Å². The molecule has 0 aliphatic heterocycles. The Hall–Kier alpha value is -0.860. The van der Waals surface area contributed by atoms with E-state index < -0.39 is 0 Å². The number of rotatable bonds is 4. The molecular formula is C13H21NO. The molecule has 0 bridgehead atoms. The Balaban J connectivity index is 2.73. The average molecular weight is 207 g/mol. The molecule has 1 aromatic rings. The molecule has 84 valence electrons. The van der Waals surface area contributed by atoms with Crippen molar-refractivity contribution in [3.63, 3.8) is 0 Å². The van der Waals surface area contributed by atoms with Gasteiger partial charge in [-0.2, -0.15) is 0 Å². The van der Waals surface area contributed by atoms with Gasteiger partial charge in [0.2, 0.25) is 0 Å². The zero-order valence-electron chi connectivity index (χ0n) is 10.1. The normalized spacial score (nSPS) is 15.0. The van der Waals surface area contributed by atoms with E-state index in [1.54, 1.807) is 7.11 Å². The summed E-state index contributed by atoms with van der Waals surface area (Å²) in [4.78, 5) is 0. The largest absolute Gasteiger partial charge is 0.382 e. The van der Waals surface area contributed by atoms with Gasteiger partial charge in [-0.25, -0.2) is 0 Å². The van der Waals surface area contributed by atoms with E-state index in [1.165, 1.54) is 16.7 Å². The van der Waals surface area contributed by atoms with Gasteiger partial charge in [0.25, 0.3) is 0 Å². The third-order valence-electron chi connectivity index (χ3n) is 2.95. The summed E-state index contributed by atoms with van der Waals surface area (Å²) >= 11 is 0. The van der Waals surface area contributed by atoms with E-state index >= 15 is 0 Å². The summed E-state index contributed by atoms with van der Waals surface area (Å²) in [5.74, 6) is 0. The Morgan fingerprint density at radius 2 is 1.93 bits per heavy atom. The molecule has 2 atom stereocenters. The topological polar surface area (TPSA) is 35.2 Å². The molecule has 2 unspecified atom stereocenters. The molecule has 0 saturated heterocycles. The van der Waals surface area contributed by atoms with Gasteiger partial charge in [-0.1, -0.05) is 18.2 Å². The van der Waals surface area contributed by atoms with Crippen LogP contribution < -0.4 is 5.73 Å². The van der Waals surface area contributed by atoms with Gasteiger partial charge >= 0.3 is 0 Å². The lowest BCUT2D eigenvalue weighted by Crippen LogP contribution is -2.18. The van der Waals surface area contributed by atoms with Crippen LogP contribution in [-0.2, 0) is 4.74 Å². The minimum absolute atomic E-state index is 0.0687. The van der Waals surface area contributed by atoms with E-state index in [4.69, 9.17) is 10.5 Å². The minimum atomic E-state index is 0.0687. The number of nitrogens with two attached hydrogens (primary N) is 1. The first-order valence-corrected chi connectivity index (χ1v) is 5.40. The predicted molar refractivity (Wildman–Crippen MR) is 63.9 cm³/mol. The van der Waals surface area contributed by atoms with E-state index in [0.29, 0.717) is 0 Å². The highest BCUT2D eigenvalue weighted by Gasteiger charge is 2.10.